The Bertz CT molecular complexity index is 1860. The molecule has 48 heavy (non-hydrogen) atoms. The highest BCUT2D eigenvalue weighted by molar-refractivity contribution is 6.30. The summed E-state index contributed by atoms with van der Waals surface area (Å²) in [5, 5.41) is 13.6. The van der Waals surface area contributed by atoms with Gasteiger partial charge >= 0.3 is 6.09 Å². The zero-order chi connectivity index (χ0) is 34.0. The van der Waals surface area contributed by atoms with Crippen LogP contribution in [0.15, 0.2) is 78.0 Å². The molecule has 1 atom stereocenters. The topological polar surface area (TPSA) is 202 Å². The second kappa shape index (κ2) is 15.7. The number of hydrogen-bond donors (Lipinski definition) is 6. The van der Waals surface area contributed by atoms with E-state index in [1.807, 2.05) is 18.2 Å². The Morgan fingerprint density at radius 3 is 2.85 bits per heavy atom. The Morgan fingerprint density at radius 2 is 2.04 bits per heavy atom. The van der Waals surface area contributed by atoms with Crippen LogP contribution in [0.25, 0.3) is 17.3 Å². The van der Waals surface area contributed by atoms with Gasteiger partial charge in [-0.3, -0.25) is 19.9 Å². The van der Waals surface area contributed by atoms with Gasteiger partial charge in [0.1, 0.15) is 18.2 Å². The molecule has 1 aromatic heterocycles. The maximum Gasteiger partial charge on any atom is 0.411 e. The molecule has 1 unspecified atom stereocenters. The molecule has 0 saturated carbocycles. The Labute approximate surface area is 281 Å². The molecule has 8 N–H and O–H groups in total. The number of carbonyl (C=O) groups is 3. The molecule has 0 radical (unpaired) electrons. The van der Waals surface area contributed by atoms with Gasteiger partial charge in [0, 0.05) is 40.1 Å². The molecule has 4 aromatic rings. The standard InChI is InChI=1S/C33H34ClN9O5/c1-47-33(46)39-24-9-10-25-26(16-24)42-32(45)22-6-2-4-20(14-22)5-3-13-48-18-28(31-37-17-27(25)41-31)40-30(44)12-7-21-15-23(34)8-11-29(21)43(36)19-38-35/h2,4,6-12,14-17,19,28H,3,5,13,18,35-36H2,1H3,(H,37,41)(H,39,46)(H,40,44)(H,42,45)/b12-7+,38-19-. The summed E-state index contributed by atoms with van der Waals surface area (Å²) in [6, 6.07) is 16.7. The smallest absolute Gasteiger partial charge is 0.411 e. The van der Waals surface area contributed by atoms with E-state index in [0.717, 1.165) is 5.56 Å². The Balaban J connectivity index is 1.45. The number of carbonyl (C=O) groups excluding carboxylic acids is 3. The van der Waals surface area contributed by atoms with E-state index in [-0.39, 0.29) is 12.5 Å². The van der Waals surface area contributed by atoms with Gasteiger partial charge in [-0.1, -0.05) is 23.7 Å². The minimum Gasteiger partial charge on any atom is -0.453 e. The second-order valence-electron chi connectivity index (χ2n) is 10.7. The fourth-order valence-electron chi connectivity index (χ4n) is 5.02. The number of nitrogens with one attached hydrogen (secondary N) is 4. The van der Waals surface area contributed by atoms with Crippen LogP contribution in [-0.2, 0) is 20.7 Å². The number of halogens is 1. The number of hydrazine groups is 1. The number of aryl methyl sites for hydroxylation is 1. The lowest BCUT2D eigenvalue weighted by Gasteiger charge is -2.17. The monoisotopic (exact) mass is 671 g/mol. The average Bonchev–Trinajstić information content (AvgIpc) is 3.56. The molecule has 0 fully saturated rings. The summed E-state index contributed by atoms with van der Waals surface area (Å²) >= 11 is 6.19. The molecule has 1 aliphatic rings. The van der Waals surface area contributed by atoms with Gasteiger partial charge in [0.05, 0.1) is 37.0 Å². The first kappa shape index (κ1) is 33.7. The number of imidazole rings is 1. The number of methoxy groups -OCH3 is 1. The third-order valence-electron chi connectivity index (χ3n) is 7.33. The van der Waals surface area contributed by atoms with Gasteiger partial charge < -0.3 is 30.9 Å². The zero-order valence-electron chi connectivity index (χ0n) is 25.9. The summed E-state index contributed by atoms with van der Waals surface area (Å²) < 4.78 is 10.7. The summed E-state index contributed by atoms with van der Waals surface area (Å²) in [6.07, 6.45) is 6.42. The molecule has 0 aliphatic carbocycles. The summed E-state index contributed by atoms with van der Waals surface area (Å²) in [5.41, 5.74) is 4.48. The SMILES string of the molecule is COC(=O)Nc1ccc2c(c1)NC(=O)c1cccc(c1)CCCOCC(NC(=O)/C=C/c1cc(Cl)ccc1N(N)/C=N\N)c1ncc-2[nH]1. The highest BCUT2D eigenvalue weighted by Gasteiger charge is 2.21. The van der Waals surface area contributed by atoms with Crippen molar-refractivity contribution in [2.75, 3.05) is 36.0 Å². The van der Waals surface area contributed by atoms with Gasteiger partial charge in [-0.25, -0.2) is 15.6 Å². The zero-order valence-corrected chi connectivity index (χ0v) is 26.7. The normalized spacial score (nSPS) is 15.1. The Morgan fingerprint density at radius 1 is 1.19 bits per heavy atom. The molecular formula is C33H34ClN9O5. The van der Waals surface area contributed by atoms with E-state index < -0.39 is 18.0 Å². The van der Waals surface area contributed by atoms with Crippen LogP contribution in [-0.4, -0.2) is 54.5 Å². The first-order valence-electron chi connectivity index (χ1n) is 14.8. The van der Waals surface area contributed by atoms with Gasteiger partial charge in [0.2, 0.25) is 5.91 Å². The number of aromatic nitrogens is 2. The predicted octanol–water partition coefficient (Wildman–Crippen LogP) is 4.58. The largest absolute Gasteiger partial charge is 0.453 e. The van der Waals surface area contributed by atoms with Crippen molar-refractivity contribution < 1.29 is 23.9 Å². The van der Waals surface area contributed by atoms with Gasteiger partial charge in [0.15, 0.2) is 0 Å². The van der Waals surface area contributed by atoms with E-state index >= 15 is 0 Å². The lowest BCUT2D eigenvalue weighted by atomic mass is 10.1. The highest BCUT2D eigenvalue weighted by Crippen LogP contribution is 2.31. The minimum atomic E-state index is -0.667. The fourth-order valence-corrected chi connectivity index (χ4v) is 5.20. The van der Waals surface area contributed by atoms with E-state index in [0.29, 0.717) is 69.7 Å². The van der Waals surface area contributed by atoms with Gasteiger partial charge in [-0.2, -0.15) is 5.10 Å². The molecular weight excluding hydrogens is 638 g/mol. The average molecular weight is 672 g/mol. The summed E-state index contributed by atoms with van der Waals surface area (Å²) in [6.45, 7) is 0.538. The first-order chi connectivity index (χ1) is 23.2. The number of nitrogens with two attached hydrogens (primary N) is 2. The number of ether oxygens (including phenoxy) is 2. The van der Waals surface area contributed by atoms with Crippen molar-refractivity contribution >= 4 is 59.0 Å². The number of aromatic amines is 1. The van der Waals surface area contributed by atoms with Crippen molar-refractivity contribution in [3.8, 4) is 11.3 Å². The van der Waals surface area contributed by atoms with E-state index in [2.05, 4.69) is 31.0 Å². The molecule has 3 amide bonds. The van der Waals surface area contributed by atoms with Crippen molar-refractivity contribution in [1.82, 2.24) is 15.3 Å². The molecule has 5 rings (SSSR count). The van der Waals surface area contributed by atoms with Crippen LogP contribution in [0.4, 0.5) is 21.9 Å². The van der Waals surface area contributed by atoms with E-state index in [1.165, 1.54) is 24.5 Å². The highest BCUT2D eigenvalue weighted by atomic mass is 35.5. The van der Waals surface area contributed by atoms with Crippen molar-refractivity contribution in [1.29, 1.82) is 0 Å². The molecule has 4 bridgehead atoms. The number of anilines is 3. The van der Waals surface area contributed by atoms with Gasteiger partial charge in [-0.15, -0.1) is 0 Å². The molecule has 3 aromatic carbocycles. The lowest BCUT2D eigenvalue weighted by Crippen LogP contribution is -2.31. The molecule has 15 heteroatoms. The third kappa shape index (κ3) is 8.55. The second-order valence-corrected chi connectivity index (χ2v) is 11.1. The number of rotatable bonds is 6. The van der Waals surface area contributed by atoms with Crippen LogP contribution in [0.3, 0.4) is 0 Å². The van der Waals surface area contributed by atoms with Crippen LogP contribution in [0, 0.1) is 0 Å². The quantitative estimate of drug-likeness (QED) is 0.0558. The molecule has 1 aliphatic heterocycles. The number of benzene rings is 3. The van der Waals surface area contributed by atoms with Crippen LogP contribution >= 0.6 is 11.6 Å². The number of hydrazone groups is 1. The molecule has 248 valence electrons. The number of nitrogens with zero attached hydrogens (tertiary/aromatic N) is 3. The fraction of sp³-hybridized carbons (Fsp3) is 0.182. The number of amides is 3. The summed E-state index contributed by atoms with van der Waals surface area (Å²) in [4.78, 5) is 46.3. The molecule has 0 spiro atoms. The summed E-state index contributed by atoms with van der Waals surface area (Å²) in [5.74, 6) is 10.9. The number of fused-ring (bicyclic) bond motifs is 6. The van der Waals surface area contributed by atoms with Crippen molar-refractivity contribution in [3.63, 3.8) is 0 Å². The van der Waals surface area contributed by atoms with E-state index in [4.69, 9.17) is 32.8 Å². The van der Waals surface area contributed by atoms with E-state index in [1.54, 1.807) is 54.7 Å². The Hall–Kier alpha value is -5.70. The number of hydrogen-bond acceptors (Lipinski definition) is 9. The molecule has 2 heterocycles. The lowest BCUT2D eigenvalue weighted by molar-refractivity contribution is -0.117. The van der Waals surface area contributed by atoms with Crippen LogP contribution in [0.1, 0.15) is 39.8 Å². The van der Waals surface area contributed by atoms with Crippen LogP contribution < -0.4 is 32.6 Å². The third-order valence-corrected chi connectivity index (χ3v) is 7.57. The van der Waals surface area contributed by atoms with Crippen molar-refractivity contribution in [3.05, 3.63) is 100 Å². The maximum atomic E-state index is 13.4. The van der Waals surface area contributed by atoms with Crippen molar-refractivity contribution in [2.45, 2.75) is 18.9 Å². The maximum absolute atomic E-state index is 13.4. The summed E-state index contributed by atoms with van der Waals surface area (Å²) in [7, 11) is 1.26. The molecule has 14 nitrogen and oxygen atoms in total. The predicted molar refractivity (Wildman–Crippen MR) is 184 cm³/mol. The van der Waals surface area contributed by atoms with E-state index in [9.17, 15) is 14.4 Å². The van der Waals surface area contributed by atoms with Crippen LogP contribution in [0.2, 0.25) is 5.02 Å². The molecule has 0 saturated heterocycles. The first-order valence-corrected chi connectivity index (χ1v) is 15.2. The van der Waals surface area contributed by atoms with Crippen molar-refractivity contribution in [2.24, 2.45) is 16.8 Å². The number of H-pyrrole nitrogens is 1. The van der Waals surface area contributed by atoms with Crippen LogP contribution in [0.5, 0.6) is 0 Å². The minimum absolute atomic E-state index is 0.129. The van der Waals surface area contributed by atoms with Gasteiger partial charge in [0.25, 0.3) is 5.91 Å². The Kier molecular flexibility index (Phi) is 11.0. The van der Waals surface area contributed by atoms with Gasteiger partial charge in [-0.05, 0) is 73.0 Å².